The maximum absolute atomic E-state index is 5.24. The van der Waals surface area contributed by atoms with Crippen molar-refractivity contribution in [2.45, 2.75) is 0 Å². The normalized spacial score (nSPS) is 11.0. The van der Waals surface area contributed by atoms with Crippen molar-refractivity contribution in [1.29, 1.82) is 0 Å². The van der Waals surface area contributed by atoms with E-state index < -0.39 is 0 Å². The highest BCUT2D eigenvalue weighted by atomic mass is 14.8. The fourth-order valence-electron chi connectivity index (χ4n) is 7.07. The highest BCUT2D eigenvalue weighted by molar-refractivity contribution is 5.81. The van der Waals surface area contributed by atoms with Crippen LogP contribution in [0.4, 0.5) is 0 Å². The Morgan fingerprint density at radius 2 is 0.467 bits per heavy atom. The van der Waals surface area contributed by atoms with Gasteiger partial charge in [-0.05, 0) is 143 Å². The number of nitrogens with zero attached hydrogens (tertiary/aromatic N) is 9. The SMILES string of the molecule is c1ccc(-c2cc(-c3cc(-c4cc(-c5ccccn5)nc(-c5ccccn5)c4)ccn3)nc(-c3cc(-c4cc(-c5ccccn5)nc(-c5ccccn5)c4)ccn3)c2)cc1. The van der Waals surface area contributed by atoms with Gasteiger partial charge >= 0.3 is 0 Å². The van der Waals surface area contributed by atoms with Crippen LogP contribution >= 0.6 is 0 Å². The van der Waals surface area contributed by atoms with E-state index in [1.807, 2.05) is 116 Å². The third-order valence-corrected chi connectivity index (χ3v) is 10.0. The third kappa shape index (κ3) is 7.66. The van der Waals surface area contributed by atoms with Crippen molar-refractivity contribution in [3.8, 4) is 102 Å². The first kappa shape index (κ1) is 35.9. The van der Waals surface area contributed by atoms with Crippen LogP contribution < -0.4 is 0 Å². The summed E-state index contributed by atoms with van der Waals surface area (Å²) in [7, 11) is 0. The number of aromatic nitrogens is 9. The number of hydrogen-bond donors (Lipinski definition) is 0. The van der Waals surface area contributed by atoms with E-state index in [1.54, 1.807) is 24.8 Å². The third-order valence-electron chi connectivity index (χ3n) is 10.0. The number of benzene rings is 1. The molecule has 0 bridgehead atoms. The molecular weight excluding hydrogens is 739 g/mol. The first-order valence-electron chi connectivity index (χ1n) is 19.4. The molecule has 10 aromatic rings. The molecule has 0 N–H and O–H groups in total. The summed E-state index contributed by atoms with van der Waals surface area (Å²) in [6, 6.07) is 54.1. The monoisotopic (exact) mass is 771 g/mol. The lowest BCUT2D eigenvalue weighted by atomic mass is 9.99. The standard InChI is InChI=1S/C51H33N9/c1-2-12-34(13-3-1)37-28-50(44-26-35(18-24-56-44)38-30-46(40-14-4-8-20-52-40)58-47(31-38)41-15-5-9-21-53-41)60-51(29-37)45-27-36(19-25-57-45)39-32-48(42-16-6-10-22-54-42)59-49(33-39)43-17-7-11-23-55-43/h1-33H. The zero-order chi connectivity index (χ0) is 40.1. The zero-order valence-corrected chi connectivity index (χ0v) is 32.1. The van der Waals surface area contributed by atoms with Crippen LogP contribution in [0.15, 0.2) is 201 Å². The molecule has 0 fully saturated rings. The summed E-state index contributed by atoms with van der Waals surface area (Å²) in [6.07, 6.45) is 10.7. The fraction of sp³-hybridized carbons (Fsp3) is 0. The van der Waals surface area contributed by atoms with Crippen LogP contribution in [0.1, 0.15) is 0 Å². The molecule has 0 atom stereocenters. The summed E-state index contributed by atoms with van der Waals surface area (Å²) in [5.41, 5.74) is 14.8. The minimum atomic E-state index is 0.711. The molecular formula is C51H33N9. The lowest BCUT2D eigenvalue weighted by molar-refractivity contribution is 1.21. The molecule has 9 heteroatoms. The number of rotatable bonds is 9. The van der Waals surface area contributed by atoms with E-state index in [0.29, 0.717) is 22.8 Å². The molecule has 0 spiro atoms. The molecule has 0 saturated carbocycles. The molecule has 9 heterocycles. The lowest BCUT2D eigenvalue weighted by Gasteiger charge is -2.13. The summed E-state index contributed by atoms with van der Waals surface area (Å²) in [5.74, 6) is 0. The van der Waals surface area contributed by atoms with E-state index in [0.717, 1.165) is 78.9 Å². The highest BCUT2D eigenvalue weighted by Crippen LogP contribution is 2.35. The Bertz CT molecular complexity index is 2770. The maximum atomic E-state index is 5.24. The molecule has 0 unspecified atom stereocenters. The van der Waals surface area contributed by atoms with E-state index in [4.69, 9.17) is 24.9 Å². The van der Waals surface area contributed by atoms with Gasteiger partial charge in [-0.15, -0.1) is 0 Å². The largest absolute Gasteiger partial charge is 0.255 e. The topological polar surface area (TPSA) is 116 Å². The predicted molar refractivity (Wildman–Crippen MR) is 236 cm³/mol. The molecule has 9 aromatic heterocycles. The van der Waals surface area contributed by atoms with Gasteiger partial charge in [-0.2, -0.15) is 0 Å². The Labute approximate surface area is 346 Å². The van der Waals surface area contributed by atoms with Crippen LogP contribution in [0.3, 0.4) is 0 Å². The molecule has 0 aliphatic carbocycles. The second-order valence-corrected chi connectivity index (χ2v) is 14.0. The number of pyridine rings is 9. The van der Waals surface area contributed by atoms with Crippen LogP contribution in [-0.4, -0.2) is 44.9 Å². The fourth-order valence-corrected chi connectivity index (χ4v) is 7.07. The first-order chi connectivity index (χ1) is 29.7. The van der Waals surface area contributed by atoms with Gasteiger partial charge in [-0.25, -0.2) is 15.0 Å². The van der Waals surface area contributed by atoms with Gasteiger partial charge in [0, 0.05) is 37.2 Å². The van der Waals surface area contributed by atoms with E-state index in [-0.39, 0.29) is 0 Å². The first-order valence-corrected chi connectivity index (χ1v) is 19.4. The van der Waals surface area contributed by atoms with Crippen molar-refractivity contribution in [2.75, 3.05) is 0 Å². The predicted octanol–water partition coefficient (Wildman–Crippen LogP) is 11.2. The van der Waals surface area contributed by atoms with Crippen LogP contribution in [0, 0.1) is 0 Å². The molecule has 0 aliphatic heterocycles. The molecule has 0 saturated heterocycles. The van der Waals surface area contributed by atoms with Gasteiger partial charge in [0.25, 0.3) is 0 Å². The molecule has 0 aliphatic rings. The zero-order valence-electron chi connectivity index (χ0n) is 32.1. The lowest BCUT2D eigenvalue weighted by Crippen LogP contribution is -1.97. The average molecular weight is 772 g/mol. The van der Waals surface area contributed by atoms with Crippen molar-refractivity contribution in [1.82, 2.24) is 44.9 Å². The smallest absolute Gasteiger partial charge is 0.0900 e. The molecule has 1 aromatic carbocycles. The molecule has 60 heavy (non-hydrogen) atoms. The van der Waals surface area contributed by atoms with Crippen molar-refractivity contribution in [3.63, 3.8) is 0 Å². The number of hydrogen-bond acceptors (Lipinski definition) is 9. The maximum Gasteiger partial charge on any atom is 0.0900 e. The second kappa shape index (κ2) is 16.2. The second-order valence-electron chi connectivity index (χ2n) is 14.0. The van der Waals surface area contributed by atoms with Gasteiger partial charge in [0.15, 0.2) is 0 Å². The van der Waals surface area contributed by atoms with Crippen molar-refractivity contribution in [3.05, 3.63) is 201 Å². The summed E-state index contributed by atoms with van der Waals surface area (Å²) < 4.78 is 0. The van der Waals surface area contributed by atoms with E-state index in [1.165, 1.54) is 0 Å². The molecule has 0 radical (unpaired) electrons. The average Bonchev–Trinajstić information content (AvgIpc) is 3.35. The van der Waals surface area contributed by atoms with Gasteiger partial charge in [0.05, 0.1) is 68.3 Å². The Hall–Kier alpha value is -8.43. The van der Waals surface area contributed by atoms with Gasteiger partial charge in [-0.3, -0.25) is 29.9 Å². The van der Waals surface area contributed by atoms with Crippen molar-refractivity contribution >= 4 is 0 Å². The van der Waals surface area contributed by atoms with Crippen LogP contribution in [0.5, 0.6) is 0 Å². The minimum absolute atomic E-state index is 0.711. The van der Waals surface area contributed by atoms with Crippen molar-refractivity contribution < 1.29 is 0 Å². The Balaban J connectivity index is 1.09. The molecule has 0 amide bonds. The Morgan fingerprint density at radius 1 is 0.183 bits per heavy atom. The molecule has 9 nitrogen and oxygen atoms in total. The highest BCUT2D eigenvalue weighted by Gasteiger charge is 2.16. The Kier molecular flexibility index (Phi) is 9.71. The molecule has 10 rings (SSSR count). The summed E-state index contributed by atoms with van der Waals surface area (Å²) in [4.78, 5) is 43.3. The van der Waals surface area contributed by atoms with Crippen molar-refractivity contribution in [2.24, 2.45) is 0 Å². The minimum Gasteiger partial charge on any atom is -0.255 e. The van der Waals surface area contributed by atoms with Crippen LogP contribution in [-0.2, 0) is 0 Å². The summed E-state index contributed by atoms with van der Waals surface area (Å²) in [6.45, 7) is 0. The quantitative estimate of drug-likeness (QED) is 0.141. The Morgan fingerprint density at radius 3 is 0.800 bits per heavy atom. The summed E-state index contributed by atoms with van der Waals surface area (Å²) >= 11 is 0. The van der Waals surface area contributed by atoms with Gasteiger partial charge in [0.2, 0.25) is 0 Å². The van der Waals surface area contributed by atoms with Gasteiger partial charge < -0.3 is 0 Å². The van der Waals surface area contributed by atoms with Crippen LogP contribution in [0.25, 0.3) is 102 Å². The molecule has 282 valence electrons. The van der Waals surface area contributed by atoms with E-state index in [9.17, 15) is 0 Å². The van der Waals surface area contributed by atoms with E-state index >= 15 is 0 Å². The van der Waals surface area contributed by atoms with Gasteiger partial charge in [0.1, 0.15) is 0 Å². The van der Waals surface area contributed by atoms with Crippen LogP contribution in [0.2, 0.25) is 0 Å². The summed E-state index contributed by atoms with van der Waals surface area (Å²) in [5, 5.41) is 0. The van der Waals surface area contributed by atoms with Gasteiger partial charge in [-0.1, -0.05) is 54.6 Å². The van der Waals surface area contributed by atoms with E-state index in [2.05, 4.69) is 80.6 Å².